The highest BCUT2D eigenvalue weighted by Gasteiger charge is 2.17. The first-order valence-electron chi connectivity index (χ1n) is 9.53. The average Bonchev–Trinajstić information content (AvgIpc) is 2.77. The lowest BCUT2D eigenvalue weighted by molar-refractivity contribution is -0.385. The number of carbonyl (C=O) groups is 2. The average molecular weight is 419 g/mol. The molecule has 3 aromatic carbocycles. The first kappa shape index (κ1) is 21.5. The number of amides is 2. The Balaban J connectivity index is 1.62. The van der Waals surface area contributed by atoms with Gasteiger partial charge in [0.05, 0.1) is 16.2 Å². The summed E-state index contributed by atoms with van der Waals surface area (Å²) < 4.78 is 5.29. The van der Waals surface area contributed by atoms with Gasteiger partial charge in [0.15, 0.2) is 12.4 Å². The van der Waals surface area contributed by atoms with Crippen molar-refractivity contribution in [3.63, 3.8) is 0 Å². The summed E-state index contributed by atoms with van der Waals surface area (Å²) in [4.78, 5) is 35.4. The molecule has 2 amide bonds. The van der Waals surface area contributed by atoms with E-state index in [2.05, 4.69) is 10.6 Å². The largest absolute Gasteiger partial charge is 0.477 e. The van der Waals surface area contributed by atoms with Crippen LogP contribution < -0.4 is 15.4 Å². The van der Waals surface area contributed by atoms with Gasteiger partial charge in [-0.15, -0.1) is 0 Å². The second kappa shape index (κ2) is 10.0. The number of benzene rings is 3. The molecule has 0 aromatic heterocycles. The number of carbonyl (C=O) groups excluding carboxylic acids is 2. The lowest BCUT2D eigenvalue weighted by Crippen LogP contribution is -2.26. The Kier molecular flexibility index (Phi) is 6.95. The smallest absolute Gasteiger partial charge is 0.310 e. The standard InChI is InChI=1S/C23H21N3O5/c1-16-10-12-17(13-11-16)14-24-23(28)18-6-2-3-7-19(18)25-22(27)15-31-21-9-5-4-8-20(21)26(29)30/h2-13H,14-15H2,1H3,(H,24,28)(H,25,27). The van der Waals surface area contributed by atoms with Crippen molar-refractivity contribution in [2.24, 2.45) is 0 Å². The zero-order valence-corrected chi connectivity index (χ0v) is 16.8. The molecule has 158 valence electrons. The zero-order valence-electron chi connectivity index (χ0n) is 16.8. The molecule has 8 heteroatoms. The summed E-state index contributed by atoms with van der Waals surface area (Å²) in [6, 6.07) is 20.2. The van der Waals surface area contributed by atoms with Crippen LogP contribution in [0.2, 0.25) is 0 Å². The van der Waals surface area contributed by atoms with Crippen LogP contribution in [0, 0.1) is 17.0 Å². The van der Waals surface area contributed by atoms with E-state index >= 15 is 0 Å². The van der Waals surface area contributed by atoms with E-state index in [0.717, 1.165) is 11.1 Å². The molecule has 0 saturated carbocycles. The van der Waals surface area contributed by atoms with Crippen LogP contribution in [0.15, 0.2) is 72.8 Å². The molecule has 0 radical (unpaired) electrons. The van der Waals surface area contributed by atoms with Crippen molar-refractivity contribution in [3.05, 3.63) is 99.6 Å². The Morgan fingerprint density at radius 1 is 0.968 bits per heavy atom. The van der Waals surface area contributed by atoms with Crippen LogP contribution in [0.4, 0.5) is 11.4 Å². The summed E-state index contributed by atoms with van der Waals surface area (Å²) in [6.07, 6.45) is 0. The first-order chi connectivity index (χ1) is 14.9. The monoisotopic (exact) mass is 419 g/mol. The number of ether oxygens (including phenoxy) is 1. The number of nitrogens with zero attached hydrogens (tertiary/aromatic N) is 1. The molecular weight excluding hydrogens is 398 g/mol. The minimum Gasteiger partial charge on any atom is -0.477 e. The summed E-state index contributed by atoms with van der Waals surface area (Å²) in [5.74, 6) is -0.889. The summed E-state index contributed by atoms with van der Waals surface area (Å²) in [7, 11) is 0. The van der Waals surface area contributed by atoms with Crippen LogP contribution >= 0.6 is 0 Å². The van der Waals surface area contributed by atoms with Gasteiger partial charge in [-0.1, -0.05) is 54.1 Å². The van der Waals surface area contributed by atoms with Crippen molar-refractivity contribution < 1.29 is 19.2 Å². The summed E-state index contributed by atoms with van der Waals surface area (Å²) in [5, 5.41) is 16.5. The van der Waals surface area contributed by atoms with Gasteiger partial charge in [0, 0.05) is 12.6 Å². The summed E-state index contributed by atoms with van der Waals surface area (Å²) in [6.45, 7) is 1.90. The second-order valence-electron chi connectivity index (χ2n) is 6.78. The van der Waals surface area contributed by atoms with Crippen LogP contribution in [0.3, 0.4) is 0 Å². The Hall–Kier alpha value is -4.20. The van der Waals surface area contributed by atoms with Crippen LogP contribution in [0.5, 0.6) is 5.75 Å². The molecule has 0 saturated heterocycles. The molecule has 8 nitrogen and oxygen atoms in total. The van der Waals surface area contributed by atoms with Crippen LogP contribution in [0.25, 0.3) is 0 Å². The number of para-hydroxylation sites is 3. The minimum atomic E-state index is -0.582. The Morgan fingerprint density at radius 3 is 2.39 bits per heavy atom. The van der Waals surface area contributed by atoms with Gasteiger partial charge in [-0.2, -0.15) is 0 Å². The van der Waals surface area contributed by atoms with Gasteiger partial charge in [0.25, 0.3) is 11.8 Å². The van der Waals surface area contributed by atoms with E-state index < -0.39 is 17.4 Å². The molecule has 0 bridgehead atoms. The van der Waals surface area contributed by atoms with Crippen molar-refractivity contribution in [1.82, 2.24) is 5.32 Å². The highest BCUT2D eigenvalue weighted by molar-refractivity contribution is 6.04. The quantitative estimate of drug-likeness (QED) is 0.426. The third-order valence-electron chi connectivity index (χ3n) is 4.44. The number of nitro benzene ring substituents is 1. The van der Waals surface area contributed by atoms with Crippen molar-refractivity contribution in [1.29, 1.82) is 0 Å². The van der Waals surface area contributed by atoms with E-state index in [9.17, 15) is 19.7 Å². The maximum atomic E-state index is 12.6. The van der Waals surface area contributed by atoms with Gasteiger partial charge >= 0.3 is 5.69 Å². The fraction of sp³-hybridized carbons (Fsp3) is 0.130. The molecular formula is C23H21N3O5. The third kappa shape index (κ3) is 5.89. The van der Waals surface area contributed by atoms with Crippen LogP contribution in [-0.2, 0) is 11.3 Å². The highest BCUT2D eigenvalue weighted by Crippen LogP contribution is 2.25. The van der Waals surface area contributed by atoms with Crippen LogP contribution in [-0.4, -0.2) is 23.3 Å². The Bertz CT molecular complexity index is 1100. The Labute approximate surface area is 179 Å². The fourth-order valence-corrected chi connectivity index (χ4v) is 2.83. The number of aryl methyl sites for hydroxylation is 1. The summed E-state index contributed by atoms with van der Waals surface area (Å²) in [5.41, 5.74) is 2.48. The normalized spacial score (nSPS) is 10.2. The third-order valence-corrected chi connectivity index (χ3v) is 4.44. The van der Waals surface area contributed by atoms with Gasteiger partial charge in [0.1, 0.15) is 0 Å². The number of anilines is 1. The maximum Gasteiger partial charge on any atom is 0.310 e. The fourth-order valence-electron chi connectivity index (χ4n) is 2.83. The molecule has 31 heavy (non-hydrogen) atoms. The maximum absolute atomic E-state index is 12.6. The van der Waals surface area contributed by atoms with Gasteiger partial charge in [0.2, 0.25) is 0 Å². The molecule has 3 aromatic rings. The SMILES string of the molecule is Cc1ccc(CNC(=O)c2ccccc2NC(=O)COc2ccccc2[N+](=O)[O-])cc1. The predicted molar refractivity (Wildman–Crippen MR) is 116 cm³/mol. The molecule has 0 heterocycles. The molecule has 0 aliphatic carbocycles. The Morgan fingerprint density at radius 2 is 1.65 bits per heavy atom. The number of nitro groups is 1. The lowest BCUT2D eigenvalue weighted by Gasteiger charge is -2.12. The summed E-state index contributed by atoms with van der Waals surface area (Å²) >= 11 is 0. The molecule has 0 aliphatic rings. The topological polar surface area (TPSA) is 111 Å². The van der Waals surface area contributed by atoms with Crippen molar-refractivity contribution >= 4 is 23.2 Å². The van der Waals surface area contributed by atoms with Gasteiger partial charge in [-0.25, -0.2) is 0 Å². The van der Waals surface area contributed by atoms with Crippen molar-refractivity contribution in [2.45, 2.75) is 13.5 Å². The predicted octanol–water partition coefficient (Wildman–Crippen LogP) is 3.85. The molecule has 0 aliphatic heterocycles. The molecule has 0 unspecified atom stereocenters. The van der Waals surface area contributed by atoms with E-state index in [0.29, 0.717) is 17.8 Å². The highest BCUT2D eigenvalue weighted by atomic mass is 16.6. The molecule has 0 spiro atoms. The molecule has 0 atom stereocenters. The van der Waals surface area contributed by atoms with Gasteiger partial charge < -0.3 is 15.4 Å². The van der Waals surface area contributed by atoms with Gasteiger partial charge in [-0.3, -0.25) is 19.7 Å². The van der Waals surface area contributed by atoms with E-state index in [1.165, 1.54) is 18.2 Å². The molecule has 0 fully saturated rings. The first-order valence-corrected chi connectivity index (χ1v) is 9.53. The van der Waals surface area contributed by atoms with Crippen LogP contribution in [0.1, 0.15) is 21.5 Å². The molecule has 2 N–H and O–H groups in total. The number of nitrogens with one attached hydrogen (secondary N) is 2. The second-order valence-corrected chi connectivity index (χ2v) is 6.78. The van der Waals surface area contributed by atoms with Gasteiger partial charge in [-0.05, 0) is 30.7 Å². The number of hydrogen-bond donors (Lipinski definition) is 2. The molecule has 3 rings (SSSR count). The van der Waals surface area contributed by atoms with E-state index in [4.69, 9.17) is 4.74 Å². The van der Waals surface area contributed by atoms with E-state index in [1.54, 1.807) is 30.3 Å². The lowest BCUT2D eigenvalue weighted by atomic mass is 10.1. The van der Waals surface area contributed by atoms with E-state index in [-0.39, 0.29) is 17.3 Å². The van der Waals surface area contributed by atoms with Crippen molar-refractivity contribution in [3.8, 4) is 5.75 Å². The van der Waals surface area contributed by atoms with E-state index in [1.807, 2.05) is 31.2 Å². The number of rotatable bonds is 8. The minimum absolute atomic E-state index is 0.00761. The van der Waals surface area contributed by atoms with Crippen molar-refractivity contribution in [2.75, 3.05) is 11.9 Å². The zero-order chi connectivity index (χ0) is 22.2. The number of hydrogen-bond acceptors (Lipinski definition) is 5.